The van der Waals surface area contributed by atoms with Gasteiger partial charge in [-0.05, 0) is 18.1 Å². The van der Waals surface area contributed by atoms with Crippen LogP contribution < -0.4 is 0 Å². The summed E-state index contributed by atoms with van der Waals surface area (Å²) < 4.78 is 10.9. The van der Waals surface area contributed by atoms with Crippen molar-refractivity contribution < 1.29 is 14.3 Å². The Morgan fingerprint density at radius 2 is 1.88 bits per heavy atom. The third kappa shape index (κ3) is 4.88. The second-order valence-corrected chi connectivity index (χ2v) is 7.27. The molecule has 0 saturated carbocycles. The van der Waals surface area contributed by atoms with Crippen molar-refractivity contribution in [2.45, 2.75) is 50.5 Å². The molecule has 1 aliphatic heterocycles. The fraction of sp³-hybridized carbons (Fsp3) is 0.923. The lowest BCUT2D eigenvalue weighted by molar-refractivity contribution is -0.148. The molecular weight excluding hydrogens is 236 g/mol. The molecule has 3 nitrogen and oxygen atoms in total. The summed E-state index contributed by atoms with van der Waals surface area (Å²) in [6.45, 7) is 10.2. The smallest absolute Gasteiger partial charge is 0.308 e. The van der Waals surface area contributed by atoms with Gasteiger partial charge in [0.2, 0.25) is 0 Å². The topological polar surface area (TPSA) is 35.5 Å². The first-order chi connectivity index (χ1) is 7.95. The second kappa shape index (κ2) is 6.64. The summed E-state index contributed by atoms with van der Waals surface area (Å²) in [4.78, 5) is 11.6. The number of carbonyl (C=O) groups is 1. The van der Waals surface area contributed by atoms with Crippen LogP contribution in [-0.4, -0.2) is 35.8 Å². The molecule has 4 heteroatoms. The lowest BCUT2D eigenvalue weighted by Gasteiger charge is -2.37. The molecule has 0 aliphatic carbocycles. The molecule has 0 spiro atoms. The van der Waals surface area contributed by atoms with Crippen molar-refractivity contribution in [1.29, 1.82) is 0 Å². The van der Waals surface area contributed by atoms with Gasteiger partial charge in [-0.15, -0.1) is 11.8 Å². The Bertz CT molecular complexity index is 245. The summed E-state index contributed by atoms with van der Waals surface area (Å²) in [5.41, 5.74) is 0. The van der Waals surface area contributed by atoms with Crippen LogP contribution in [0, 0.1) is 5.92 Å². The molecule has 0 aromatic heterocycles. The fourth-order valence-corrected chi connectivity index (χ4v) is 3.44. The molecular formula is C13H24O3S. The maximum atomic E-state index is 11.6. The van der Waals surface area contributed by atoms with E-state index in [1.165, 1.54) is 0 Å². The second-order valence-electron chi connectivity index (χ2n) is 5.22. The highest BCUT2D eigenvalue weighted by Gasteiger charge is 2.35. The summed E-state index contributed by atoms with van der Waals surface area (Å²) in [6, 6.07) is 0. The van der Waals surface area contributed by atoms with Crippen LogP contribution in [0.1, 0.15) is 40.5 Å². The number of esters is 1. The highest BCUT2D eigenvalue weighted by molar-refractivity contribution is 8.01. The minimum atomic E-state index is -0.0970. The van der Waals surface area contributed by atoms with Crippen molar-refractivity contribution in [2.24, 2.45) is 5.92 Å². The van der Waals surface area contributed by atoms with Crippen LogP contribution in [0.3, 0.4) is 0 Å². The third-order valence-corrected chi connectivity index (χ3v) is 4.34. The number of rotatable bonds is 5. The minimum Gasteiger partial charge on any atom is -0.464 e. The van der Waals surface area contributed by atoms with Gasteiger partial charge >= 0.3 is 5.97 Å². The molecule has 1 aliphatic rings. The quantitative estimate of drug-likeness (QED) is 0.712. The van der Waals surface area contributed by atoms with Gasteiger partial charge in [-0.3, -0.25) is 4.79 Å². The Kier molecular flexibility index (Phi) is 5.80. The Hall–Kier alpha value is -0.220. The first kappa shape index (κ1) is 14.8. The molecule has 1 fully saturated rings. The van der Waals surface area contributed by atoms with Crippen LogP contribution in [0.4, 0.5) is 0 Å². The number of hydrogen-bond donors (Lipinski definition) is 0. The van der Waals surface area contributed by atoms with Gasteiger partial charge in [0, 0.05) is 13.2 Å². The molecule has 0 amide bonds. The van der Waals surface area contributed by atoms with Gasteiger partial charge in [0.25, 0.3) is 0 Å². The molecule has 0 N–H and O–H groups in total. The van der Waals surface area contributed by atoms with Gasteiger partial charge in [-0.2, -0.15) is 0 Å². The van der Waals surface area contributed by atoms with Crippen molar-refractivity contribution in [1.82, 2.24) is 0 Å². The van der Waals surface area contributed by atoms with Crippen LogP contribution in [0.2, 0.25) is 0 Å². The molecule has 0 aromatic carbocycles. The van der Waals surface area contributed by atoms with E-state index < -0.39 is 0 Å². The van der Waals surface area contributed by atoms with Gasteiger partial charge in [0.15, 0.2) is 0 Å². The molecule has 0 aromatic rings. The molecule has 1 saturated heterocycles. The number of ether oxygens (including phenoxy) is 2. The molecule has 0 bridgehead atoms. The molecule has 0 unspecified atom stereocenters. The normalized spacial score (nSPS) is 19.6. The highest BCUT2D eigenvalue weighted by atomic mass is 32.2. The van der Waals surface area contributed by atoms with Crippen LogP contribution in [0.25, 0.3) is 0 Å². The summed E-state index contributed by atoms with van der Waals surface area (Å²) in [6.07, 6.45) is 1.95. The molecule has 0 radical (unpaired) electrons. The summed E-state index contributed by atoms with van der Waals surface area (Å²) in [5, 5.41) is 0.547. The van der Waals surface area contributed by atoms with E-state index in [0.29, 0.717) is 11.9 Å². The lowest BCUT2D eigenvalue weighted by atomic mass is 10.0. The SMILES string of the molecule is CC(C)SC1(COC(=O)C(C)C)CCOCC1. The molecule has 17 heavy (non-hydrogen) atoms. The van der Waals surface area contributed by atoms with E-state index in [9.17, 15) is 4.79 Å². The average molecular weight is 260 g/mol. The minimum absolute atomic E-state index is 0.0454. The van der Waals surface area contributed by atoms with Gasteiger partial charge < -0.3 is 9.47 Å². The lowest BCUT2D eigenvalue weighted by Crippen LogP contribution is -2.40. The van der Waals surface area contributed by atoms with Crippen LogP contribution in [0.15, 0.2) is 0 Å². The molecule has 0 atom stereocenters. The van der Waals surface area contributed by atoms with Gasteiger partial charge in [-0.1, -0.05) is 27.7 Å². The zero-order valence-corrected chi connectivity index (χ0v) is 12.1. The summed E-state index contributed by atoms with van der Waals surface area (Å²) in [7, 11) is 0. The zero-order chi connectivity index (χ0) is 12.9. The summed E-state index contributed by atoms with van der Waals surface area (Å²) in [5.74, 6) is -0.142. The average Bonchev–Trinajstić information content (AvgIpc) is 2.26. The van der Waals surface area contributed by atoms with E-state index >= 15 is 0 Å². The maximum absolute atomic E-state index is 11.6. The van der Waals surface area contributed by atoms with E-state index in [4.69, 9.17) is 9.47 Å². The van der Waals surface area contributed by atoms with E-state index in [-0.39, 0.29) is 16.6 Å². The number of hydrogen-bond acceptors (Lipinski definition) is 4. The number of carbonyl (C=O) groups excluding carboxylic acids is 1. The van der Waals surface area contributed by atoms with Crippen LogP contribution in [0.5, 0.6) is 0 Å². The predicted octanol–water partition coefficient (Wildman–Crippen LogP) is 2.88. The van der Waals surface area contributed by atoms with Crippen LogP contribution >= 0.6 is 11.8 Å². The largest absolute Gasteiger partial charge is 0.464 e. The highest BCUT2D eigenvalue weighted by Crippen LogP contribution is 2.38. The third-order valence-electron chi connectivity index (χ3n) is 2.84. The van der Waals surface area contributed by atoms with Crippen molar-refractivity contribution in [2.75, 3.05) is 19.8 Å². The molecule has 100 valence electrons. The van der Waals surface area contributed by atoms with Gasteiger partial charge in [-0.25, -0.2) is 0 Å². The van der Waals surface area contributed by atoms with Crippen molar-refractivity contribution in [3.05, 3.63) is 0 Å². The first-order valence-electron chi connectivity index (χ1n) is 6.37. The Balaban J connectivity index is 2.54. The maximum Gasteiger partial charge on any atom is 0.308 e. The predicted molar refractivity (Wildman–Crippen MR) is 71.3 cm³/mol. The van der Waals surface area contributed by atoms with E-state index in [0.717, 1.165) is 26.1 Å². The molecule has 1 heterocycles. The Labute approximate surface area is 109 Å². The Morgan fingerprint density at radius 1 is 1.29 bits per heavy atom. The van der Waals surface area contributed by atoms with E-state index in [1.807, 2.05) is 25.6 Å². The van der Waals surface area contributed by atoms with Crippen molar-refractivity contribution >= 4 is 17.7 Å². The monoisotopic (exact) mass is 260 g/mol. The first-order valence-corrected chi connectivity index (χ1v) is 7.25. The number of thioether (sulfide) groups is 1. The van der Waals surface area contributed by atoms with Crippen LogP contribution in [-0.2, 0) is 14.3 Å². The van der Waals surface area contributed by atoms with E-state index in [2.05, 4.69) is 13.8 Å². The Morgan fingerprint density at radius 3 is 2.35 bits per heavy atom. The molecule has 1 rings (SSSR count). The zero-order valence-electron chi connectivity index (χ0n) is 11.3. The van der Waals surface area contributed by atoms with E-state index in [1.54, 1.807) is 0 Å². The van der Waals surface area contributed by atoms with Crippen molar-refractivity contribution in [3.63, 3.8) is 0 Å². The summed E-state index contributed by atoms with van der Waals surface area (Å²) >= 11 is 1.92. The van der Waals surface area contributed by atoms with Crippen molar-refractivity contribution in [3.8, 4) is 0 Å². The standard InChI is InChI=1S/C13H24O3S/c1-10(2)12(14)16-9-13(17-11(3)4)5-7-15-8-6-13/h10-11H,5-9H2,1-4H3. The fourth-order valence-electron chi connectivity index (χ4n) is 1.91. The van der Waals surface area contributed by atoms with Gasteiger partial charge in [0.1, 0.15) is 6.61 Å². The van der Waals surface area contributed by atoms with Gasteiger partial charge in [0.05, 0.1) is 10.7 Å².